The van der Waals surface area contributed by atoms with E-state index >= 15 is 0 Å². The van der Waals surface area contributed by atoms with Crippen LogP contribution < -0.4 is 5.32 Å². The Morgan fingerprint density at radius 3 is 2.32 bits per heavy atom. The van der Waals surface area contributed by atoms with Gasteiger partial charge in [0.05, 0.1) is 12.7 Å². The van der Waals surface area contributed by atoms with Crippen molar-refractivity contribution in [3.63, 3.8) is 0 Å². The van der Waals surface area contributed by atoms with Gasteiger partial charge in [0.1, 0.15) is 11.3 Å². The molecule has 0 aliphatic rings. The van der Waals surface area contributed by atoms with Crippen LogP contribution in [0.4, 0.5) is 5.69 Å². The van der Waals surface area contributed by atoms with Crippen LogP contribution in [0.2, 0.25) is 0 Å². The fraction of sp³-hybridized carbons (Fsp3) is 0.318. The average molecular weight is 378 g/mol. The first-order chi connectivity index (χ1) is 13.4. The predicted molar refractivity (Wildman–Crippen MR) is 109 cm³/mol. The quantitative estimate of drug-likeness (QED) is 0.656. The van der Waals surface area contributed by atoms with Gasteiger partial charge in [0, 0.05) is 11.3 Å². The molecule has 146 valence electrons. The van der Waals surface area contributed by atoms with Crippen molar-refractivity contribution in [3.8, 4) is 0 Å². The van der Waals surface area contributed by atoms with Crippen LogP contribution in [0.5, 0.6) is 0 Å². The van der Waals surface area contributed by atoms with Gasteiger partial charge in [-0.2, -0.15) is 0 Å². The highest BCUT2D eigenvalue weighted by Crippen LogP contribution is 2.21. The molecule has 1 aromatic heterocycles. The lowest BCUT2D eigenvalue weighted by Gasteiger charge is -2.16. The van der Waals surface area contributed by atoms with Crippen LogP contribution in [0.15, 0.2) is 54.7 Å². The summed E-state index contributed by atoms with van der Waals surface area (Å²) in [4.78, 5) is 12.4. The van der Waals surface area contributed by atoms with Gasteiger partial charge in [0.2, 0.25) is 0 Å². The maximum absolute atomic E-state index is 12.4. The molecule has 0 saturated carbocycles. The van der Waals surface area contributed by atoms with E-state index in [1.54, 1.807) is 29.9 Å². The molecule has 0 bridgehead atoms. The highest BCUT2D eigenvalue weighted by atomic mass is 16.3. The third kappa shape index (κ3) is 4.64. The maximum atomic E-state index is 12.4. The number of aliphatic hydroxyl groups is 1. The molecule has 3 aromatic rings. The molecule has 1 unspecified atom stereocenters. The van der Waals surface area contributed by atoms with Crippen molar-refractivity contribution in [2.45, 2.75) is 45.8 Å². The van der Waals surface area contributed by atoms with Crippen LogP contribution >= 0.6 is 0 Å². The zero-order chi connectivity index (χ0) is 20.1. The molecule has 2 aromatic carbocycles. The largest absolute Gasteiger partial charge is 0.384 e. The molecular weight excluding hydrogens is 352 g/mol. The van der Waals surface area contributed by atoms with Gasteiger partial charge in [-0.25, -0.2) is 4.68 Å². The van der Waals surface area contributed by atoms with E-state index < -0.39 is 5.60 Å². The molecule has 28 heavy (non-hydrogen) atoms. The minimum absolute atomic E-state index is 0.141. The number of carbonyl (C=O) groups is 1. The van der Waals surface area contributed by atoms with Gasteiger partial charge in [0.15, 0.2) is 0 Å². The monoisotopic (exact) mass is 378 g/mol. The van der Waals surface area contributed by atoms with Gasteiger partial charge < -0.3 is 10.4 Å². The highest BCUT2D eigenvalue weighted by Gasteiger charge is 2.24. The first-order valence-electron chi connectivity index (χ1n) is 9.53. The zero-order valence-electron chi connectivity index (χ0n) is 16.5. The molecule has 0 aliphatic heterocycles. The van der Waals surface area contributed by atoms with Crippen molar-refractivity contribution in [1.29, 1.82) is 0 Å². The Hall–Kier alpha value is -2.99. The van der Waals surface area contributed by atoms with E-state index in [1.807, 2.05) is 43.3 Å². The molecule has 3 rings (SSSR count). The summed E-state index contributed by atoms with van der Waals surface area (Å²) in [6, 6.07) is 15.2. The van der Waals surface area contributed by atoms with Crippen molar-refractivity contribution < 1.29 is 9.90 Å². The Balaban J connectivity index is 1.63. The van der Waals surface area contributed by atoms with E-state index in [9.17, 15) is 9.90 Å². The van der Waals surface area contributed by atoms with E-state index in [1.165, 1.54) is 5.56 Å². The lowest BCUT2D eigenvalue weighted by atomic mass is 10.0. The van der Waals surface area contributed by atoms with Crippen molar-refractivity contribution in [2.24, 2.45) is 0 Å². The molecule has 0 saturated heterocycles. The van der Waals surface area contributed by atoms with Gasteiger partial charge in [0.25, 0.3) is 5.91 Å². The lowest BCUT2D eigenvalue weighted by Crippen LogP contribution is -2.20. The van der Waals surface area contributed by atoms with E-state index in [4.69, 9.17) is 0 Å². The second-order valence-electron chi connectivity index (χ2n) is 7.13. The van der Waals surface area contributed by atoms with Crippen molar-refractivity contribution in [3.05, 3.63) is 77.1 Å². The highest BCUT2D eigenvalue weighted by molar-refractivity contribution is 6.04. The minimum atomic E-state index is -0.977. The Labute approximate surface area is 165 Å². The molecule has 1 heterocycles. The summed E-state index contributed by atoms with van der Waals surface area (Å²) in [7, 11) is 0. The third-order valence-electron chi connectivity index (χ3n) is 4.96. The Morgan fingerprint density at radius 1 is 1.07 bits per heavy atom. The number of benzene rings is 2. The standard InChI is InChI=1S/C22H26N4O2/c1-4-16-8-12-19(13-9-16)23-21(27)18-10-6-17(7-11-18)14-26-15-20(24-25-26)22(3,28)5-2/h6-13,15,28H,4-5,14H2,1-3H3,(H,23,27). The average Bonchev–Trinajstić information content (AvgIpc) is 3.18. The number of anilines is 1. The summed E-state index contributed by atoms with van der Waals surface area (Å²) < 4.78 is 1.68. The number of carbonyl (C=O) groups excluding carboxylic acids is 1. The molecule has 1 atom stereocenters. The van der Waals surface area contributed by atoms with E-state index in [-0.39, 0.29) is 5.91 Å². The molecule has 2 N–H and O–H groups in total. The van der Waals surface area contributed by atoms with E-state index in [0.29, 0.717) is 24.2 Å². The van der Waals surface area contributed by atoms with Crippen LogP contribution in [-0.4, -0.2) is 26.0 Å². The van der Waals surface area contributed by atoms with Crippen molar-refractivity contribution in [2.75, 3.05) is 5.32 Å². The summed E-state index contributed by atoms with van der Waals surface area (Å²) in [6.07, 6.45) is 3.29. The summed E-state index contributed by atoms with van der Waals surface area (Å²) >= 11 is 0. The Morgan fingerprint density at radius 2 is 1.71 bits per heavy atom. The first-order valence-corrected chi connectivity index (χ1v) is 9.53. The smallest absolute Gasteiger partial charge is 0.255 e. The van der Waals surface area contributed by atoms with E-state index in [2.05, 4.69) is 22.6 Å². The topological polar surface area (TPSA) is 80.0 Å². The molecule has 0 fully saturated rings. The summed E-state index contributed by atoms with van der Waals surface area (Å²) in [6.45, 7) is 6.25. The molecule has 1 amide bonds. The fourth-order valence-electron chi connectivity index (χ4n) is 2.78. The molecule has 0 aliphatic carbocycles. The van der Waals surface area contributed by atoms with Gasteiger partial charge in [-0.05, 0) is 55.2 Å². The van der Waals surface area contributed by atoms with Crippen LogP contribution in [-0.2, 0) is 18.6 Å². The number of nitrogens with one attached hydrogen (secondary N) is 1. The van der Waals surface area contributed by atoms with Crippen LogP contribution in [0.3, 0.4) is 0 Å². The number of aromatic nitrogens is 3. The number of nitrogens with zero attached hydrogens (tertiary/aromatic N) is 3. The number of hydrogen-bond donors (Lipinski definition) is 2. The Bertz CT molecular complexity index is 928. The first kappa shape index (κ1) is 19.8. The van der Waals surface area contributed by atoms with Crippen LogP contribution in [0.1, 0.15) is 54.4 Å². The van der Waals surface area contributed by atoms with Gasteiger partial charge in [-0.15, -0.1) is 5.10 Å². The van der Waals surface area contributed by atoms with Gasteiger partial charge in [-0.1, -0.05) is 43.3 Å². The number of amides is 1. The number of aryl methyl sites for hydroxylation is 1. The molecule has 6 nitrogen and oxygen atoms in total. The SMILES string of the molecule is CCc1ccc(NC(=O)c2ccc(Cn3cc(C(C)(O)CC)nn3)cc2)cc1. The number of hydrogen-bond acceptors (Lipinski definition) is 4. The van der Waals surface area contributed by atoms with Crippen molar-refractivity contribution >= 4 is 11.6 Å². The lowest BCUT2D eigenvalue weighted by molar-refractivity contribution is 0.0484. The second kappa shape index (κ2) is 8.35. The fourth-order valence-corrected chi connectivity index (χ4v) is 2.78. The minimum Gasteiger partial charge on any atom is -0.384 e. The molecule has 0 radical (unpaired) electrons. The van der Waals surface area contributed by atoms with Crippen molar-refractivity contribution in [1.82, 2.24) is 15.0 Å². The Kier molecular flexibility index (Phi) is 5.90. The zero-order valence-corrected chi connectivity index (χ0v) is 16.5. The normalized spacial score (nSPS) is 13.1. The molecule has 6 heteroatoms. The summed E-state index contributed by atoms with van der Waals surface area (Å²) in [5.74, 6) is -0.141. The molecule has 0 spiro atoms. The van der Waals surface area contributed by atoms with Crippen LogP contribution in [0, 0.1) is 0 Å². The van der Waals surface area contributed by atoms with Crippen LogP contribution in [0.25, 0.3) is 0 Å². The predicted octanol–water partition coefficient (Wildman–Crippen LogP) is 3.76. The summed E-state index contributed by atoms with van der Waals surface area (Å²) in [5.41, 5.74) is 3.19. The third-order valence-corrected chi connectivity index (χ3v) is 4.96. The number of rotatable bonds is 7. The molecular formula is C22H26N4O2. The maximum Gasteiger partial charge on any atom is 0.255 e. The summed E-state index contributed by atoms with van der Waals surface area (Å²) in [5, 5.41) is 21.3. The van der Waals surface area contributed by atoms with Gasteiger partial charge in [-0.3, -0.25) is 4.79 Å². The second-order valence-corrected chi connectivity index (χ2v) is 7.13. The van der Waals surface area contributed by atoms with Gasteiger partial charge >= 0.3 is 0 Å². The van der Waals surface area contributed by atoms with E-state index in [0.717, 1.165) is 17.7 Å².